The molecule has 2 heterocycles. The van der Waals surface area contributed by atoms with Gasteiger partial charge < -0.3 is 4.90 Å². The third-order valence-corrected chi connectivity index (χ3v) is 5.74. The summed E-state index contributed by atoms with van der Waals surface area (Å²) < 4.78 is 0. The minimum Gasteiger partial charge on any atom is -0.370 e. The summed E-state index contributed by atoms with van der Waals surface area (Å²) in [7, 11) is 0. The van der Waals surface area contributed by atoms with E-state index in [1.807, 2.05) is 12.3 Å². The van der Waals surface area contributed by atoms with E-state index in [1.165, 1.54) is 5.56 Å². The first-order chi connectivity index (χ1) is 13.0. The fourth-order valence-electron chi connectivity index (χ4n) is 3.89. The molecule has 3 nitrogen and oxygen atoms in total. The standard InChI is InChI=1S/C23H29ClN2O/c1-17(2)16-20(27)8-9-21-23(24)22(10-13-25-21)26-14-11-19(12-15-26)18-6-4-3-5-7-18/h3-7,10,13,17,19H,8-9,11-12,14-16H2,1-2H3. The van der Waals surface area contributed by atoms with E-state index in [1.54, 1.807) is 0 Å². The van der Waals surface area contributed by atoms with Gasteiger partial charge >= 0.3 is 0 Å². The van der Waals surface area contributed by atoms with Crippen LogP contribution in [0, 0.1) is 5.92 Å². The first kappa shape index (κ1) is 19.9. The number of anilines is 1. The second-order valence-electron chi connectivity index (χ2n) is 7.90. The number of hydrogen-bond acceptors (Lipinski definition) is 3. The van der Waals surface area contributed by atoms with Gasteiger partial charge in [0.25, 0.3) is 0 Å². The highest BCUT2D eigenvalue weighted by Gasteiger charge is 2.23. The molecule has 0 bridgehead atoms. The summed E-state index contributed by atoms with van der Waals surface area (Å²) >= 11 is 6.67. The lowest BCUT2D eigenvalue weighted by atomic mass is 9.89. The molecule has 1 aliphatic heterocycles. The van der Waals surface area contributed by atoms with Crippen LogP contribution in [0.4, 0.5) is 5.69 Å². The van der Waals surface area contributed by atoms with Crippen molar-refractivity contribution >= 4 is 23.1 Å². The number of benzene rings is 1. The van der Waals surface area contributed by atoms with Crippen molar-refractivity contribution in [3.63, 3.8) is 0 Å². The molecule has 1 aliphatic rings. The van der Waals surface area contributed by atoms with Gasteiger partial charge in [0.2, 0.25) is 0 Å². The van der Waals surface area contributed by atoms with Crippen molar-refractivity contribution < 1.29 is 4.79 Å². The van der Waals surface area contributed by atoms with Crippen LogP contribution >= 0.6 is 11.6 Å². The Balaban J connectivity index is 1.62. The lowest BCUT2D eigenvalue weighted by Gasteiger charge is -2.34. The van der Waals surface area contributed by atoms with Crippen molar-refractivity contribution in [3.8, 4) is 0 Å². The molecule has 27 heavy (non-hydrogen) atoms. The molecule has 1 fully saturated rings. The van der Waals surface area contributed by atoms with Crippen LogP contribution in [0.1, 0.15) is 56.7 Å². The van der Waals surface area contributed by atoms with Crippen molar-refractivity contribution in [2.45, 2.75) is 51.9 Å². The van der Waals surface area contributed by atoms with Gasteiger partial charge in [-0.3, -0.25) is 9.78 Å². The van der Waals surface area contributed by atoms with Gasteiger partial charge in [-0.25, -0.2) is 0 Å². The molecule has 0 saturated carbocycles. The molecular formula is C23H29ClN2O. The predicted molar refractivity (Wildman–Crippen MR) is 113 cm³/mol. The van der Waals surface area contributed by atoms with E-state index in [9.17, 15) is 4.79 Å². The maximum atomic E-state index is 12.0. The molecule has 0 aliphatic carbocycles. The summed E-state index contributed by atoms with van der Waals surface area (Å²) in [6.07, 6.45) is 5.86. The van der Waals surface area contributed by atoms with Crippen LogP contribution < -0.4 is 4.90 Å². The number of pyridine rings is 1. The summed E-state index contributed by atoms with van der Waals surface area (Å²) in [5.41, 5.74) is 3.34. The van der Waals surface area contributed by atoms with Gasteiger partial charge in [-0.15, -0.1) is 0 Å². The Kier molecular flexibility index (Phi) is 6.89. The Bertz CT molecular complexity index is 752. The summed E-state index contributed by atoms with van der Waals surface area (Å²) in [4.78, 5) is 18.8. The number of carbonyl (C=O) groups is 1. The summed E-state index contributed by atoms with van der Waals surface area (Å²) in [5.74, 6) is 1.31. The molecule has 4 heteroatoms. The third-order valence-electron chi connectivity index (χ3n) is 5.32. The normalized spacial score (nSPS) is 15.3. The third kappa shape index (κ3) is 5.32. The number of carbonyl (C=O) groups excluding carboxylic acids is 1. The summed E-state index contributed by atoms with van der Waals surface area (Å²) in [6.45, 7) is 6.13. The molecule has 144 valence electrons. The van der Waals surface area contributed by atoms with E-state index in [2.05, 4.69) is 54.1 Å². The van der Waals surface area contributed by atoms with Gasteiger partial charge in [0.1, 0.15) is 5.78 Å². The van der Waals surface area contributed by atoms with Gasteiger partial charge in [-0.1, -0.05) is 55.8 Å². The Hall–Kier alpha value is -1.87. The van der Waals surface area contributed by atoms with E-state index in [4.69, 9.17) is 11.6 Å². The molecule has 0 unspecified atom stereocenters. The Morgan fingerprint density at radius 3 is 2.56 bits per heavy atom. The van der Waals surface area contributed by atoms with Gasteiger partial charge in [0, 0.05) is 32.1 Å². The van der Waals surface area contributed by atoms with Crippen LogP contribution in [0.15, 0.2) is 42.6 Å². The number of halogens is 1. The van der Waals surface area contributed by atoms with E-state index in [0.717, 1.165) is 37.3 Å². The number of nitrogens with zero attached hydrogens (tertiary/aromatic N) is 2. The highest BCUT2D eigenvalue weighted by atomic mass is 35.5. The van der Waals surface area contributed by atoms with Crippen LogP contribution in [0.5, 0.6) is 0 Å². The smallest absolute Gasteiger partial charge is 0.133 e. The monoisotopic (exact) mass is 384 g/mol. The molecule has 1 aromatic carbocycles. The summed E-state index contributed by atoms with van der Waals surface area (Å²) in [5, 5.41) is 0.716. The molecule has 1 saturated heterocycles. The second-order valence-corrected chi connectivity index (χ2v) is 8.28. The van der Waals surface area contributed by atoms with Gasteiger partial charge in [0.15, 0.2) is 0 Å². The molecule has 0 spiro atoms. The zero-order chi connectivity index (χ0) is 19.2. The molecule has 0 N–H and O–H groups in total. The van der Waals surface area contributed by atoms with E-state index < -0.39 is 0 Å². The lowest BCUT2D eigenvalue weighted by Crippen LogP contribution is -2.33. The van der Waals surface area contributed by atoms with Crippen LogP contribution in [0.2, 0.25) is 5.02 Å². The van der Waals surface area contributed by atoms with E-state index in [0.29, 0.717) is 36.1 Å². The maximum absolute atomic E-state index is 12.0. The highest BCUT2D eigenvalue weighted by molar-refractivity contribution is 6.33. The Labute approximate surface area is 167 Å². The van der Waals surface area contributed by atoms with E-state index >= 15 is 0 Å². The van der Waals surface area contributed by atoms with Gasteiger partial charge in [-0.05, 0) is 42.7 Å². The number of ketones is 1. The first-order valence-electron chi connectivity index (χ1n) is 9.99. The topological polar surface area (TPSA) is 33.2 Å². The average molecular weight is 385 g/mol. The molecule has 0 atom stereocenters. The number of rotatable bonds is 7. The maximum Gasteiger partial charge on any atom is 0.133 e. The fraction of sp³-hybridized carbons (Fsp3) is 0.478. The largest absolute Gasteiger partial charge is 0.370 e. The Morgan fingerprint density at radius 1 is 1.19 bits per heavy atom. The number of piperidine rings is 1. The SMILES string of the molecule is CC(C)CC(=O)CCc1nccc(N2CCC(c3ccccc3)CC2)c1Cl. The van der Waals surface area contributed by atoms with Gasteiger partial charge in [-0.2, -0.15) is 0 Å². The fourth-order valence-corrected chi connectivity index (χ4v) is 4.21. The molecule has 2 aromatic rings. The number of Topliss-reactive ketones (excluding diaryl/α,β-unsaturated/α-hetero) is 1. The Morgan fingerprint density at radius 2 is 1.89 bits per heavy atom. The van der Waals surface area contributed by atoms with Crippen molar-refractivity contribution in [2.24, 2.45) is 5.92 Å². The lowest BCUT2D eigenvalue weighted by molar-refractivity contribution is -0.119. The molecule has 3 rings (SSSR count). The van der Waals surface area contributed by atoms with Crippen molar-refractivity contribution in [2.75, 3.05) is 18.0 Å². The van der Waals surface area contributed by atoms with Crippen LogP contribution in [-0.4, -0.2) is 23.9 Å². The van der Waals surface area contributed by atoms with Gasteiger partial charge in [0.05, 0.1) is 16.4 Å². The van der Waals surface area contributed by atoms with Crippen molar-refractivity contribution in [3.05, 3.63) is 58.9 Å². The predicted octanol–water partition coefficient (Wildman–Crippen LogP) is 5.67. The van der Waals surface area contributed by atoms with E-state index in [-0.39, 0.29) is 5.78 Å². The van der Waals surface area contributed by atoms with Crippen molar-refractivity contribution in [1.82, 2.24) is 4.98 Å². The molecule has 1 aromatic heterocycles. The number of hydrogen-bond donors (Lipinski definition) is 0. The minimum atomic E-state index is 0.289. The van der Waals surface area contributed by atoms with Crippen molar-refractivity contribution in [1.29, 1.82) is 0 Å². The quantitative estimate of drug-likeness (QED) is 0.616. The molecular weight excluding hydrogens is 356 g/mol. The molecule has 0 radical (unpaired) electrons. The number of aromatic nitrogens is 1. The minimum absolute atomic E-state index is 0.289. The molecule has 0 amide bonds. The van der Waals surface area contributed by atoms with Crippen LogP contribution in [0.25, 0.3) is 0 Å². The zero-order valence-electron chi connectivity index (χ0n) is 16.3. The van der Waals surface area contributed by atoms with Crippen LogP contribution in [-0.2, 0) is 11.2 Å². The highest BCUT2D eigenvalue weighted by Crippen LogP contribution is 2.34. The average Bonchev–Trinajstić information content (AvgIpc) is 2.67. The summed E-state index contributed by atoms with van der Waals surface area (Å²) in [6, 6.07) is 12.8. The second kappa shape index (κ2) is 9.36. The first-order valence-corrected chi connectivity index (χ1v) is 10.4. The van der Waals surface area contributed by atoms with Crippen LogP contribution in [0.3, 0.4) is 0 Å². The number of aryl methyl sites for hydroxylation is 1. The zero-order valence-corrected chi connectivity index (χ0v) is 17.1.